The summed E-state index contributed by atoms with van der Waals surface area (Å²) in [6, 6.07) is 14.4. The first kappa shape index (κ1) is 21.4. The minimum atomic E-state index is -0.655. The monoisotopic (exact) mass is 410 g/mol. The van der Waals surface area contributed by atoms with Gasteiger partial charge in [-0.3, -0.25) is 9.97 Å². The van der Waals surface area contributed by atoms with Crippen LogP contribution >= 0.6 is 0 Å². The summed E-state index contributed by atoms with van der Waals surface area (Å²) in [5.74, 6) is 1.26. The Morgan fingerprint density at radius 2 is 1.00 bits per heavy atom. The Balaban J connectivity index is 1.33. The SMILES string of the molecule is O[C@H](CNc1ccncc1)COc1ccc(OC[C@@H](O)CNc2ccncc2)cc1. The molecule has 0 radical (unpaired) electrons. The lowest BCUT2D eigenvalue weighted by Crippen LogP contribution is -2.26. The number of nitrogens with zero attached hydrogens (tertiary/aromatic N) is 2. The quantitative estimate of drug-likeness (QED) is 0.360. The lowest BCUT2D eigenvalue weighted by atomic mass is 10.3. The van der Waals surface area contributed by atoms with E-state index < -0.39 is 12.2 Å². The second-order valence-corrected chi connectivity index (χ2v) is 6.63. The highest BCUT2D eigenvalue weighted by molar-refractivity contribution is 5.41. The van der Waals surface area contributed by atoms with Gasteiger partial charge >= 0.3 is 0 Å². The molecule has 0 unspecified atom stereocenters. The molecule has 0 aliphatic carbocycles. The summed E-state index contributed by atoms with van der Waals surface area (Å²) in [5, 5.41) is 26.3. The number of aliphatic hydroxyl groups is 2. The minimum absolute atomic E-state index is 0.164. The van der Waals surface area contributed by atoms with Crippen LogP contribution in [-0.2, 0) is 0 Å². The number of hydrogen-bond acceptors (Lipinski definition) is 8. The number of pyridine rings is 2. The highest BCUT2D eigenvalue weighted by atomic mass is 16.5. The van der Waals surface area contributed by atoms with Crippen molar-refractivity contribution < 1.29 is 19.7 Å². The third-order valence-corrected chi connectivity index (χ3v) is 4.15. The van der Waals surface area contributed by atoms with Crippen molar-refractivity contribution in [3.05, 3.63) is 73.3 Å². The molecular formula is C22H26N4O4. The lowest BCUT2D eigenvalue weighted by Gasteiger charge is -2.15. The van der Waals surface area contributed by atoms with Gasteiger partial charge in [0.25, 0.3) is 0 Å². The maximum absolute atomic E-state index is 10.0. The molecule has 2 aromatic heterocycles. The zero-order valence-electron chi connectivity index (χ0n) is 16.5. The zero-order chi connectivity index (χ0) is 21.0. The Bertz CT molecular complexity index is 778. The van der Waals surface area contributed by atoms with Crippen LogP contribution in [0.15, 0.2) is 73.3 Å². The number of ether oxygens (including phenoxy) is 2. The molecule has 2 heterocycles. The van der Waals surface area contributed by atoms with Crippen LogP contribution in [0, 0.1) is 0 Å². The smallest absolute Gasteiger partial charge is 0.119 e. The van der Waals surface area contributed by atoms with Gasteiger partial charge in [-0.2, -0.15) is 0 Å². The van der Waals surface area contributed by atoms with Gasteiger partial charge in [-0.1, -0.05) is 0 Å². The molecule has 0 amide bonds. The molecule has 0 saturated carbocycles. The fraction of sp³-hybridized carbons (Fsp3) is 0.273. The number of aromatic nitrogens is 2. The number of aliphatic hydroxyl groups excluding tert-OH is 2. The number of hydrogen-bond donors (Lipinski definition) is 4. The molecule has 158 valence electrons. The van der Waals surface area contributed by atoms with Gasteiger partial charge in [-0.25, -0.2) is 0 Å². The van der Waals surface area contributed by atoms with Crippen LogP contribution in [0.1, 0.15) is 0 Å². The van der Waals surface area contributed by atoms with Crippen molar-refractivity contribution in [1.29, 1.82) is 0 Å². The fourth-order valence-electron chi connectivity index (χ4n) is 2.55. The molecule has 2 atom stereocenters. The van der Waals surface area contributed by atoms with E-state index in [0.29, 0.717) is 24.6 Å². The first-order valence-corrected chi connectivity index (χ1v) is 9.68. The normalized spacial score (nSPS) is 12.6. The molecule has 8 heteroatoms. The number of anilines is 2. The van der Waals surface area contributed by atoms with E-state index in [1.165, 1.54) is 0 Å². The van der Waals surface area contributed by atoms with E-state index in [9.17, 15) is 10.2 Å². The molecule has 30 heavy (non-hydrogen) atoms. The summed E-state index contributed by atoms with van der Waals surface area (Å²) in [4.78, 5) is 7.89. The van der Waals surface area contributed by atoms with Gasteiger partial charge in [0.2, 0.25) is 0 Å². The molecule has 0 bridgehead atoms. The minimum Gasteiger partial charge on any atom is -0.491 e. The highest BCUT2D eigenvalue weighted by Crippen LogP contribution is 2.18. The van der Waals surface area contributed by atoms with Gasteiger partial charge in [-0.05, 0) is 48.5 Å². The fourth-order valence-corrected chi connectivity index (χ4v) is 2.55. The second-order valence-electron chi connectivity index (χ2n) is 6.63. The van der Waals surface area contributed by atoms with Crippen molar-refractivity contribution in [3.8, 4) is 11.5 Å². The van der Waals surface area contributed by atoms with Gasteiger partial charge in [0, 0.05) is 49.3 Å². The van der Waals surface area contributed by atoms with Crippen LogP contribution in [0.2, 0.25) is 0 Å². The topological polar surface area (TPSA) is 109 Å². The maximum Gasteiger partial charge on any atom is 0.119 e. The highest BCUT2D eigenvalue weighted by Gasteiger charge is 2.07. The summed E-state index contributed by atoms with van der Waals surface area (Å²) < 4.78 is 11.2. The first-order chi connectivity index (χ1) is 14.7. The summed E-state index contributed by atoms with van der Waals surface area (Å²) in [6.45, 7) is 1.07. The van der Waals surface area contributed by atoms with Gasteiger partial charge in [0.1, 0.15) is 36.9 Å². The van der Waals surface area contributed by atoms with E-state index in [4.69, 9.17) is 9.47 Å². The van der Waals surface area contributed by atoms with E-state index in [2.05, 4.69) is 20.6 Å². The van der Waals surface area contributed by atoms with Crippen molar-refractivity contribution in [2.24, 2.45) is 0 Å². The van der Waals surface area contributed by atoms with Crippen LogP contribution in [0.4, 0.5) is 11.4 Å². The predicted molar refractivity (Wildman–Crippen MR) is 115 cm³/mol. The maximum atomic E-state index is 10.0. The second kappa shape index (κ2) is 11.6. The van der Waals surface area contributed by atoms with Crippen molar-refractivity contribution >= 4 is 11.4 Å². The Morgan fingerprint density at radius 1 is 0.633 bits per heavy atom. The van der Waals surface area contributed by atoms with Crippen molar-refractivity contribution in [3.63, 3.8) is 0 Å². The van der Waals surface area contributed by atoms with E-state index >= 15 is 0 Å². The molecule has 3 rings (SSSR count). The number of benzene rings is 1. The van der Waals surface area contributed by atoms with Gasteiger partial charge in [0.15, 0.2) is 0 Å². The Hall–Kier alpha value is -3.36. The number of rotatable bonds is 12. The third kappa shape index (κ3) is 7.57. The van der Waals surface area contributed by atoms with E-state index in [1.807, 2.05) is 24.3 Å². The Labute approximate surface area is 175 Å². The average molecular weight is 410 g/mol. The largest absolute Gasteiger partial charge is 0.491 e. The predicted octanol–water partition coefficient (Wildman–Crippen LogP) is 2.18. The summed E-state index contributed by atoms with van der Waals surface area (Å²) >= 11 is 0. The first-order valence-electron chi connectivity index (χ1n) is 9.68. The lowest BCUT2D eigenvalue weighted by molar-refractivity contribution is 0.115. The molecule has 4 N–H and O–H groups in total. The molecule has 0 aliphatic rings. The number of nitrogens with one attached hydrogen (secondary N) is 2. The molecule has 8 nitrogen and oxygen atoms in total. The summed E-state index contributed by atoms with van der Waals surface area (Å²) in [7, 11) is 0. The molecule has 0 spiro atoms. The van der Waals surface area contributed by atoms with E-state index in [1.54, 1.807) is 49.1 Å². The Kier molecular flexibility index (Phi) is 8.25. The van der Waals surface area contributed by atoms with Crippen LogP contribution in [0.3, 0.4) is 0 Å². The third-order valence-electron chi connectivity index (χ3n) is 4.15. The van der Waals surface area contributed by atoms with Crippen LogP contribution in [0.5, 0.6) is 11.5 Å². The average Bonchev–Trinajstić information content (AvgIpc) is 2.80. The van der Waals surface area contributed by atoms with Gasteiger partial charge in [-0.15, -0.1) is 0 Å². The molecule has 1 aromatic carbocycles. The summed E-state index contributed by atoms with van der Waals surface area (Å²) in [6.07, 6.45) is 5.43. The van der Waals surface area contributed by atoms with Crippen LogP contribution in [0.25, 0.3) is 0 Å². The molecule has 0 fully saturated rings. The molecule has 3 aromatic rings. The molecular weight excluding hydrogens is 384 g/mol. The summed E-state index contributed by atoms with van der Waals surface area (Å²) in [5.41, 5.74) is 1.78. The van der Waals surface area contributed by atoms with Crippen molar-refractivity contribution in [2.45, 2.75) is 12.2 Å². The van der Waals surface area contributed by atoms with Gasteiger partial charge < -0.3 is 30.3 Å². The van der Waals surface area contributed by atoms with Crippen molar-refractivity contribution in [1.82, 2.24) is 9.97 Å². The molecule has 0 saturated heterocycles. The van der Waals surface area contributed by atoms with E-state index in [-0.39, 0.29) is 13.2 Å². The van der Waals surface area contributed by atoms with Gasteiger partial charge in [0.05, 0.1) is 0 Å². The molecule has 0 aliphatic heterocycles. The Morgan fingerprint density at radius 3 is 1.37 bits per heavy atom. The van der Waals surface area contributed by atoms with Crippen molar-refractivity contribution in [2.75, 3.05) is 36.9 Å². The zero-order valence-corrected chi connectivity index (χ0v) is 16.5. The van der Waals surface area contributed by atoms with E-state index in [0.717, 1.165) is 11.4 Å². The standard InChI is InChI=1S/C22H26N4O4/c27-19(13-25-17-5-9-23-10-6-17)15-29-21-1-2-22(4-3-21)30-16-20(28)14-26-18-7-11-24-12-8-18/h1-12,19-20,27-28H,13-16H2,(H,23,25)(H,24,26)/t19-,20+. The van der Waals surface area contributed by atoms with Crippen LogP contribution in [-0.4, -0.2) is 58.7 Å². The van der Waals surface area contributed by atoms with Crippen LogP contribution < -0.4 is 20.1 Å².